The minimum absolute atomic E-state index is 0. The summed E-state index contributed by atoms with van der Waals surface area (Å²) >= 11 is 0. The van der Waals surface area contributed by atoms with Gasteiger partial charge in [-0.3, -0.25) is 9.79 Å². The molecule has 1 heterocycles. The Bertz CT molecular complexity index is 361. The van der Waals surface area contributed by atoms with Crippen LogP contribution in [0.15, 0.2) is 4.99 Å². The quantitative estimate of drug-likeness (QED) is 0.441. The first-order valence-electron chi connectivity index (χ1n) is 7.96. The minimum Gasteiger partial charge on any atom is -0.354 e. The van der Waals surface area contributed by atoms with E-state index in [1.807, 2.05) is 18.7 Å². The number of aliphatic imine (C=N–C) groups is 1. The molecule has 0 bridgehead atoms. The van der Waals surface area contributed by atoms with Gasteiger partial charge >= 0.3 is 0 Å². The van der Waals surface area contributed by atoms with Gasteiger partial charge in [-0.15, -0.1) is 24.0 Å². The Hall–Kier alpha value is -0.530. The molecule has 1 saturated carbocycles. The van der Waals surface area contributed by atoms with Crippen LogP contribution in [0.1, 0.15) is 40.0 Å². The van der Waals surface area contributed by atoms with Gasteiger partial charge in [0.25, 0.3) is 0 Å². The minimum atomic E-state index is 0. The van der Waals surface area contributed by atoms with Gasteiger partial charge in [-0.25, -0.2) is 0 Å². The van der Waals surface area contributed by atoms with Gasteiger partial charge < -0.3 is 15.1 Å². The molecule has 21 heavy (non-hydrogen) atoms. The van der Waals surface area contributed by atoms with Crippen molar-refractivity contribution in [2.75, 3.05) is 32.7 Å². The monoisotopic (exact) mass is 408 g/mol. The van der Waals surface area contributed by atoms with Crippen molar-refractivity contribution in [2.45, 2.75) is 46.1 Å². The highest BCUT2D eigenvalue weighted by atomic mass is 127. The molecular formula is C15H29IN4O. The van der Waals surface area contributed by atoms with Crippen molar-refractivity contribution in [3.05, 3.63) is 0 Å². The molecule has 2 fully saturated rings. The van der Waals surface area contributed by atoms with Gasteiger partial charge in [0.2, 0.25) is 5.91 Å². The summed E-state index contributed by atoms with van der Waals surface area (Å²) in [6.07, 6.45) is 3.84. The highest BCUT2D eigenvalue weighted by Gasteiger charge is 2.26. The maximum absolute atomic E-state index is 12.0. The van der Waals surface area contributed by atoms with Gasteiger partial charge in [-0.2, -0.15) is 0 Å². The Kier molecular flexibility index (Phi) is 7.76. The molecule has 0 unspecified atom stereocenters. The summed E-state index contributed by atoms with van der Waals surface area (Å²) < 4.78 is 0. The zero-order chi connectivity index (χ0) is 14.5. The normalized spacial score (nSPS) is 20.1. The summed E-state index contributed by atoms with van der Waals surface area (Å²) in [7, 11) is 0. The van der Waals surface area contributed by atoms with E-state index in [1.165, 1.54) is 19.3 Å². The maximum Gasteiger partial charge on any atom is 0.225 e. The molecule has 122 valence electrons. The van der Waals surface area contributed by atoms with E-state index >= 15 is 0 Å². The standard InChI is InChI=1S/C15H28N4O.HI/c1-4-16-15(17-13-6-5-7-13)19-10-8-18(9-11-19)14(20)12(2)3;/h12-13H,4-11H2,1-3H3,(H,16,17);1H. The Balaban J connectivity index is 0.00000220. The van der Waals surface area contributed by atoms with Crippen molar-refractivity contribution < 1.29 is 4.79 Å². The third kappa shape index (κ3) is 5.00. The summed E-state index contributed by atoms with van der Waals surface area (Å²) in [6.45, 7) is 10.2. The number of nitrogens with one attached hydrogen (secondary N) is 1. The van der Waals surface area contributed by atoms with Gasteiger partial charge in [0.05, 0.1) is 0 Å². The van der Waals surface area contributed by atoms with Crippen LogP contribution in [0.25, 0.3) is 0 Å². The zero-order valence-electron chi connectivity index (χ0n) is 13.5. The molecule has 0 aromatic heterocycles. The van der Waals surface area contributed by atoms with Crippen molar-refractivity contribution >= 4 is 35.8 Å². The van der Waals surface area contributed by atoms with Gasteiger partial charge in [-0.05, 0) is 26.2 Å². The summed E-state index contributed by atoms with van der Waals surface area (Å²) in [6, 6.07) is 0.607. The Labute approximate surface area is 145 Å². The number of rotatable bonds is 3. The largest absolute Gasteiger partial charge is 0.354 e. The van der Waals surface area contributed by atoms with Crippen LogP contribution in [0.5, 0.6) is 0 Å². The van der Waals surface area contributed by atoms with E-state index in [-0.39, 0.29) is 35.8 Å². The number of carbonyl (C=O) groups is 1. The summed E-state index contributed by atoms with van der Waals surface area (Å²) in [5, 5.41) is 3.56. The molecule has 1 aliphatic carbocycles. The van der Waals surface area contributed by atoms with Crippen molar-refractivity contribution in [3.8, 4) is 0 Å². The summed E-state index contributed by atoms with van der Waals surface area (Å²) in [4.78, 5) is 20.9. The Morgan fingerprint density at radius 1 is 1.19 bits per heavy atom. The third-order valence-electron chi connectivity index (χ3n) is 4.13. The second kappa shape index (κ2) is 8.80. The average molecular weight is 408 g/mol. The first kappa shape index (κ1) is 18.5. The van der Waals surface area contributed by atoms with Crippen LogP contribution in [0.2, 0.25) is 0 Å². The van der Waals surface area contributed by atoms with E-state index in [1.54, 1.807) is 0 Å². The molecule has 2 aliphatic rings. The number of piperazine rings is 1. The van der Waals surface area contributed by atoms with Crippen LogP contribution in [0, 0.1) is 5.92 Å². The van der Waals surface area contributed by atoms with Gasteiger partial charge in [0.1, 0.15) is 0 Å². The van der Waals surface area contributed by atoms with Crippen molar-refractivity contribution in [2.24, 2.45) is 10.9 Å². The second-order valence-electron chi connectivity index (χ2n) is 6.04. The fourth-order valence-corrected chi connectivity index (χ4v) is 2.63. The first-order valence-corrected chi connectivity index (χ1v) is 7.96. The van der Waals surface area contributed by atoms with Gasteiger partial charge in [0, 0.05) is 44.7 Å². The van der Waals surface area contributed by atoms with E-state index < -0.39 is 0 Å². The van der Waals surface area contributed by atoms with Crippen molar-refractivity contribution in [3.63, 3.8) is 0 Å². The molecule has 0 spiro atoms. The van der Waals surface area contributed by atoms with Crippen LogP contribution < -0.4 is 5.32 Å². The molecule has 0 aromatic rings. The molecule has 2 rings (SSSR count). The van der Waals surface area contributed by atoms with Crippen LogP contribution in [0.4, 0.5) is 0 Å². The van der Waals surface area contributed by atoms with Crippen LogP contribution >= 0.6 is 24.0 Å². The summed E-state index contributed by atoms with van der Waals surface area (Å²) in [5.41, 5.74) is 0. The molecule has 5 nitrogen and oxygen atoms in total. The molecular weight excluding hydrogens is 379 g/mol. The number of guanidine groups is 1. The van der Waals surface area contributed by atoms with E-state index in [2.05, 4.69) is 22.1 Å². The summed E-state index contributed by atoms with van der Waals surface area (Å²) in [5.74, 6) is 1.40. The second-order valence-corrected chi connectivity index (χ2v) is 6.04. The van der Waals surface area contributed by atoms with Crippen molar-refractivity contribution in [1.82, 2.24) is 15.1 Å². The highest BCUT2D eigenvalue weighted by Crippen LogP contribution is 2.18. The molecule has 1 saturated heterocycles. The molecule has 1 N–H and O–H groups in total. The highest BCUT2D eigenvalue weighted by molar-refractivity contribution is 14.0. The fraction of sp³-hybridized carbons (Fsp3) is 0.867. The molecule has 0 aromatic carbocycles. The molecule has 6 heteroatoms. The van der Waals surface area contributed by atoms with E-state index in [4.69, 9.17) is 0 Å². The zero-order valence-corrected chi connectivity index (χ0v) is 15.8. The lowest BCUT2D eigenvalue weighted by Crippen LogP contribution is -2.56. The fourth-order valence-electron chi connectivity index (χ4n) is 2.63. The van der Waals surface area contributed by atoms with E-state index in [0.29, 0.717) is 6.04 Å². The van der Waals surface area contributed by atoms with Crippen LogP contribution in [-0.4, -0.2) is 60.4 Å². The predicted octanol–water partition coefficient (Wildman–Crippen LogP) is 1.92. The number of halogens is 1. The molecule has 0 atom stereocenters. The number of hydrogen-bond acceptors (Lipinski definition) is 2. The lowest BCUT2D eigenvalue weighted by atomic mass is 9.93. The average Bonchev–Trinajstić information content (AvgIpc) is 2.40. The SMILES string of the molecule is CCN=C(NC1CCC1)N1CCN(C(=O)C(C)C)CC1.I. The smallest absolute Gasteiger partial charge is 0.225 e. The maximum atomic E-state index is 12.0. The molecule has 1 aliphatic heterocycles. The van der Waals surface area contributed by atoms with Crippen LogP contribution in [0.3, 0.4) is 0 Å². The number of carbonyl (C=O) groups excluding carboxylic acids is 1. The number of nitrogens with zero attached hydrogens (tertiary/aromatic N) is 3. The first-order chi connectivity index (χ1) is 9.61. The lowest BCUT2D eigenvalue weighted by Gasteiger charge is -2.39. The van der Waals surface area contributed by atoms with E-state index in [0.717, 1.165) is 38.7 Å². The predicted molar refractivity (Wildman–Crippen MR) is 97.2 cm³/mol. The molecule has 1 amide bonds. The lowest BCUT2D eigenvalue weighted by molar-refractivity contribution is -0.135. The Morgan fingerprint density at radius 3 is 2.19 bits per heavy atom. The number of amides is 1. The van der Waals surface area contributed by atoms with Gasteiger partial charge in [0.15, 0.2) is 5.96 Å². The van der Waals surface area contributed by atoms with Crippen LogP contribution in [-0.2, 0) is 4.79 Å². The van der Waals surface area contributed by atoms with Crippen molar-refractivity contribution in [1.29, 1.82) is 0 Å². The number of hydrogen-bond donors (Lipinski definition) is 1. The van der Waals surface area contributed by atoms with Gasteiger partial charge in [-0.1, -0.05) is 13.8 Å². The van der Waals surface area contributed by atoms with E-state index in [9.17, 15) is 4.79 Å². The molecule has 0 radical (unpaired) electrons. The third-order valence-corrected chi connectivity index (χ3v) is 4.13. The topological polar surface area (TPSA) is 47.9 Å². The Morgan fingerprint density at radius 2 is 1.76 bits per heavy atom.